The van der Waals surface area contributed by atoms with E-state index in [4.69, 9.17) is 23.2 Å². The lowest BCUT2D eigenvalue weighted by molar-refractivity contribution is -0.137. The maximum atomic E-state index is 12.3. The second-order valence-electron chi connectivity index (χ2n) is 3.05. The molecule has 1 aromatic rings. The number of alkyl halides is 3. The average molecular weight is 309 g/mol. The van der Waals surface area contributed by atoms with Gasteiger partial charge in [0.1, 0.15) is 0 Å². The van der Waals surface area contributed by atoms with Gasteiger partial charge in [0.05, 0.1) is 21.9 Å². The van der Waals surface area contributed by atoms with Crippen molar-refractivity contribution in [3.8, 4) is 5.75 Å². The first-order valence-electron chi connectivity index (χ1n) is 3.96. The molecule has 0 heterocycles. The zero-order valence-electron chi connectivity index (χ0n) is 8.18. The summed E-state index contributed by atoms with van der Waals surface area (Å²) in [6, 6.07) is 1.07. The molecule has 0 spiro atoms. The molecule has 0 saturated heterocycles. The van der Waals surface area contributed by atoms with Gasteiger partial charge in [-0.15, -0.1) is 0 Å². The molecule has 0 unspecified atom stereocenters. The first-order valence-corrected chi connectivity index (χ1v) is 6.53. The zero-order valence-corrected chi connectivity index (χ0v) is 10.5. The van der Waals surface area contributed by atoms with Crippen LogP contribution < -0.4 is 4.18 Å². The molecule has 0 bridgehead atoms. The SMILES string of the molecule is CS(=O)(=O)Oc1c(Cl)cc(C(F)(F)F)cc1Cl. The minimum Gasteiger partial charge on any atom is -0.379 e. The Bertz CT molecular complexity index is 516. The first kappa shape index (κ1) is 14.4. The van der Waals surface area contributed by atoms with Crippen molar-refractivity contribution in [1.29, 1.82) is 0 Å². The van der Waals surface area contributed by atoms with Gasteiger partial charge in [0, 0.05) is 0 Å². The molecule has 0 atom stereocenters. The maximum absolute atomic E-state index is 12.3. The van der Waals surface area contributed by atoms with Crippen LogP contribution in [-0.2, 0) is 16.3 Å². The van der Waals surface area contributed by atoms with Crippen LogP contribution in [0.4, 0.5) is 13.2 Å². The van der Waals surface area contributed by atoms with Gasteiger partial charge in [-0.05, 0) is 12.1 Å². The average Bonchev–Trinajstić information content (AvgIpc) is 2.07. The highest BCUT2D eigenvalue weighted by Gasteiger charge is 2.32. The van der Waals surface area contributed by atoms with Gasteiger partial charge in [-0.25, -0.2) is 0 Å². The van der Waals surface area contributed by atoms with Crippen molar-refractivity contribution < 1.29 is 25.8 Å². The molecule has 96 valence electrons. The lowest BCUT2D eigenvalue weighted by Gasteiger charge is -2.11. The highest BCUT2D eigenvalue weighted by Crippen LogP contribution is 2.40. The predicted molar refractivity (Wildman–Crippen MR) is 56.9 cm³/mol. The summed E-state index contributed by atoms with van der Waals surface area (Å²) in [6.07, 6.45) is -3.91. The Kier molecular flexibility index (Phi) is 3.85. The van der Waals surface area contributed by atoms with Gasteiger partial charge < -0.3 is 4.18 Å². The van der Waals surface area contributed by atoms with Crippen molar-refractivity contribution in [1.82, 2.24) is 0 Å². The summed E-state index contributed by atoms with van der Waals surface area (Å²) in [5.41, 5.74) is -1.09. The topological polar surface area (TPSA) is 43.4 Å². The summed E-state index contributed by atoms with van der Waals surface area (Å²) in [5, 5.41) is -1.06. The molecule has 0 fully saturated rings. The Morgan fingerprint density at radius 1 is 1.18 bits per heavy atom. The third-order valence-electron chi connectivity index (χ3n) is 1.56. The molecule has 0 aliphatic heterocycles. The second kappa shape index (κ2) is 4.55. The monoisotopic (exact) mass is 308 g/mol. The number of hydrogen-bond donors (Lipinski definition) is 0. The van der Waals surface area contributed by atoms with Crippen LogP contribution in [0.2, 0.25) is 10.0 Å². The predicted octanol–water partition coefficient (Wildman–Crippen LogP) is 3.35. The Morgan fingerprint density at radius 3 is 1.88 bits per heavy atom. The largest absolute Gasteiger partial charge is 0.416 e. The minimum absolute atomic E-state index is 0.524. The van der Waals surface area contributed by atoms with Crippen LogP contribution in [0.3, 0.4) is 0 Å². The molecular formula is C8H5Cl2F3O3S. The van der Waals surface area contributed by atoms with E-state index in [-0.39, 0.29) is 0 Å². The molecule has 17 heavy (non-hydrogen) atoms. The minimum atomic E-state index is -4.63. The summed E-state index contributed by atoms with van der Waals surface area (Å²) in [6.45, 7) is 0. The molecular weight excluding hydrogens is 304 g/mol. The van der Waals surface area contributed by atoms with E-state index in [2.05, 4.69) is 4.18 Å². The van der Waals surface area contributed by atoms with Crippen molar-refractivity contribution >= 4 is 33.3 Å². The van der Waals surface area contributed by atoms with Crippen LogP contribution in [-0.4, -0.2) is 14.7 Å². The van der Waals surface area contributed by atoms with Crippen molar-refractivity contribution in [2.75, 3.05) is 6.26 Å². The van der Waals surface area contributed by atoms with E-state index in [1.165, 1.54) is 0 Å². The van der Waals surface area contributed by atoms with Gasteiger partial charge in [-0.3, -0.25) is 0 Å². The Hall–Kier alpha value is -0.660. The number of hydrogen-bond acceptors (Lipinski definition) is 3. The summed E-state index contributed by atoms with van der Waals surface area (Å²) in [7, 11) is -3.92. The van der Waals surface area contributed by atoms with Crippen molar-refractivity contribution in [3.05, 3.63) is 27.7 Å². The molecule has 0 aromatic heterocycles. The smallest absolute Gasteiger partial charge is 0.379 e. The first-order chi connectivity index (χ1) is 7.50. The summed E-state index contributed by atoms with van der Waals surface area (Å²) >= 11 is 10.9. The van der Waals surface area contributed by atoms with Crippen LogP contribution in [0.25, 0.3) is 0 Å². The van der Waals surface area contributed by atoms with Crippen LogP contribution >= 0.6 is 23.2 Å². The number of halogens is 5. The van der Waals surface area contributed by atoms with Crippen molar-refractivity contribution in [2.45, 2.75) is 6.18 Å². The third-order valence-corrected chi connectivity index (χ3v) is 2.59. The lowest BCUT2D eigenvalue weighted by atomic mass is 10.2. The quantitative estimate of drug-likeness (QED) is 0.787. The maximum Gasteiger partial charge on any atom is 0.416 e. The molecule has 0 amide bonds. The Morgan fingerprint density at radius 2 is 1.59 bits per heavy atom. The summed E-state index contributed by atoms with van der Waals surface area (Å²) in [5.74, 6) is -0.524. The fourth-order valence-corrected chi connectivity index (χ4v) is 2.09. The Balaban J connectivity index is 3.30. The fourth-order valence-electron chi connectivity index (χ4n) is 0.955. The molecule has 0 saturated carbocycles. The third kappa shape index (κ3) is 3.93. The molecule has 1 aromatic carbocycles. The van der Waals surface area contributed by atoms with E-state index in [0.29, 0.717) is 12.1 Å². The Labute approximate surface area is 105 Å². The lowest BCUT2D eigenvalue weighted by Crippen LogP contribution is -2.09. The van der Waals surface area contributed by atoms with E-state index in [0.717, 1.165) is 6.26 Å². The highest BCUT2D eigenvalue weighted by atomic mass is 35.5. The van der Waals surface area contributed by atoms with Crippen molar-refractivity contribution in [3.63, 3.8) is 0 Å². The summed E-state index contributed by atoms with van der Waals surface area (Å²) in [4.78, 5) is 0. The van der Waals surface area contributed by atoms with Gasteiger partial charge in [-0.2, -0.15) is 21.6 Å². The van der Waals surface area contributed by atoms with Crippen LogP contribution in [0.15, 0.2) is 12.1 Å². The molecule has 0 N–H and O–H groups in total. The molecule has 0 aliphatic carbocycles. The van der Waals surface area contributed by atoms with Gasteiger partial charge in [-0.1, -0.05) is 23.2 Å². The zero-order chi connectivity index (χ0) is 13.4. The number of rotatable bonds is 2. The van der Waals surface area contributed by atoms with Crippen LogP contribution in [0.5, 0.6) is 5.75 Å². The fraction of sp³-hybridized carbons (Fsp3) is 0.250. The number of benzene rings is 1. The second-order valence-corrected chi connectivity index (χ2v) is 5.44. The molecule has 1 rings (SSSR count). The van der Waals surface area contributed by atoms with E-state index in [1.807, 2.05) is 0 Å². The van der Waals surface area contributed by atoms with Crippen LogP contribution in [0.1, 0.15) is 5.56 Å². The van der Waals surface area contributed by atoms with Crippen LogP contribution in [0, 0.1) is 0 Å². The van der Waals surface area contributed by atoms with E-state index in [9.17, 15) is 21.6 Å². The summed E-state index contributed by atoms with van der Waals surface area (Å²) < 4.78 is 63.0. The van der Waals surface area contributed by atoms with Crippen molar-refractivity contribution in [2.24, 2.45) is 0 Å². The molecule has 0 aliphatic rings. The van der Waals surface area contributed by atoms with E-state index in [1.54, 1.807) is 0 Å². The standard InChI is InChI=1S/C8H5Cl2F3O3S/c1-17(14,15)16-7-5(9)2-4(3-6(7)10)8(11,12)13/h2-3H,1H3. The highest BCUT2D eigenvalue weighted by molar-refractivity contribution is 7.86. The normalized spacial score (nSPS) is 12.6. The molecule has 3 nitrogen and oxygen atoms in total. The molecule has 9 heteroatoms. The van der Waals surface area contributed by atoms with Gasteiger partial charge in [0.15, 0.2) is 5.75 Å². The molecule has 0 radical (unpaired) electrons. The van der Waals surface area contributed by atoms with Gasteiger partial charge in [0.2, 0.25) is 0 Å². The van der Waals surface area contributed by atoms with E-state index >= 15 is 0 Å². The van der Waals surface area contributed by atoms with Gasteiger partial charge in [0.25, 0.3) is 0 Å². The van der Waals surface area contributed by atoms with Gasteiger partial charge >= 0.3 is 16.3 Å². The van der Waals surface area contributed by atoms with E-state index < -0.39 is 37.7 Å².